The van der Waals surface area contributed by atoms with Crippen molar-refractivity contribution in [2.45, 2.75) is 12.8 Å². The normalized spacial score (nSPS) is 11.1. The average molecular weight is 261 g/mol. The minimum absolute atomic E-state index is 0. The third-order valence-corrected chi connectivity index (χ3v) is 2.44. The third-order valence-electron chi connectivity index (χ3n) is 2.44. The molecule has 0 saturated heterocycles. The van der Waals surface area contributed by atoms with Crippen LogP contribution < -0.4 is 16.0 Å². The minimum Gasteiger partial charge on any atom is -0.495 e. The number of nitrogens with two attached hydrogens (primary N) is 1. The summed E-state index contributed by atoms with van der Waals surface area (Å²) in [6.45, 7) is 1.75. The topological polar surface area (TPSA) is 73.6 Å². The van der Waals surface area contributed by atoms with E-state index in [1.165, 1.54) is 7.11 Å². The molecule has 1 atom stereocenters. The molecule has 0 heterocycles. The lowest BCUT2D eigenvalue weighted by molar-refractivity contribution is -0.141. The highest BCUT2D eigenvalue weighted by atomic mass is 35.5. The van der Waals surface area contributed by atoms with E-state index in [-0.39, 0.29) is 18.4 Å². The molecular weight excluding hydrogens is 244 g/mol. The monoisotopic (exact) mass is 260 g/mol. The maximum atomic E-state index is 11.4. The summed E-state index contributed by atoms with van der Waals surface area (Å²) in [6, 6.07) is 5.37. The van der Waals surface area contributed by atoms with Crippen LogP contribution in [0, 0.1) is 0 Å². The van der Waals surface area contributed by atoms with Gasteiger partial charge in [0, 0.05) is 0 Å². The number of hydrazine groups is 1. The Bertz CT molecular complexity index is 385. The first-order chi connectivity index (χ1) is 7.65. The first-order valence-corrected chi connectivity index (χ1v) is 4.87. The van der Waals surface area contributed by atoms with Gasteiger partial charge in [-0.15, -0.1) is 12.4 Å². The molecule has 1 aromatic carbocycles. The van der Waals surface area contributed by atoms with Crippen molar-refractivity contribution in [2.75, 3.05) is 19.6 Å². The van der Waals surface area contributed by atoms with Crippen molar-refractivity contribution in [3.63, 3.8) is 0 Å². The van der Waals surface area contributed by atoms with Crippen LogP contribution in [0.4, 0.5) is 5.69 Å². The molecule has 0 radical (unpaired) electrons. The number of benzene rings is 1. The number of hydrogen-bond donors (Lipinski definition) is 2. The zero-order valence-electron chi connectivity index (χ0n) is 10.0. The number of nitrogens with one attached hydrogen (secondary N) is 1. The number of hydrogen-bond acceptors (Lipinski definition) is 5. The number of anilines is 1. The molecule has 0 aliphatic heterocycles. The van der Waals surface area contributed by atoms with Crippen LogP contribution in [0.15, 0.2) is 18.2 Å². The van der Waals surface area contributed by atoms with Gasteiger partial charge in [-0.1, -0.05) is 12.1 Å². The zero-order valence-corrected chi connectivity index (χ0v) is 10.8. The standard InChI is InChI=1S/C11H16N2O3.ClH/c1-7(11(14)16-3)8-5-4-6-9(15-2)10(8)13-12;/h4-7,13H,12H2,1-3H3;1H. The molecule has 0 amide bonds. The largest absolute Gasteiger partial charge is 0.495 e. The van der Waals surface area contributed by atoms with Gasteiger partial charge in [0.25, 0.3) is 0 Å². The van der Waals surface area contributed by atoms with Crippen LogP contribution in [0.25, 0.3) is 0 Å². The molecule has 1 aromatic rings. The van der Waals surface area contributed by atoms with Crippen LogP contribution in [0.3, 0.4) is 0 Å². The number of para-hydroxylation sites is 1. The Kier molecular flexibility index (Phi) is 6.38. The number of halogens is 1. The fourth-order valence-corrected chi connectivity index (χ4v) is 1.54. The lowest BCUT2D eigenvalue weighted by Crippen LogP contribution is -2.16. The van der Waals surface area contributed by atoms with E-state index in [0.717, 1.165) is 5.56 Å². The average Bonchev–Trinajstić information content (AvgIpc) is 2.35. The Morgan fingerprint density at radius 3 is 2.53 bits per heavy atom. The van der Waals surface area contributed by atoms with E-state index in [4.69, 9.17) is 15.3 Å². The van der Waals surface area contributed by atoms with Gasteiger partial charge >= 0.3 is 5.97 Å². The summed E-state index contributed by atoms with van der Waals surface area (Å²) in [7, 11) is 2.90. The van der Waals surface area contributed by atoms with Gasteiger partial charge in [-0.2, -0.15) is 0 Å². The highest BCUT2D eigenvalue weighted by Crippen LogP contribution is 2.32. The number of carbonyl (C=O) groups excluding carboxylic acids is 1. The Morgan fingerprint density at radius 1 is 1.41 bits per heavy atom. The maximum absolute atomic E-state index is 11.4. The number of carbonyl (C=O) groups is 1. The lowest BCUT2D eigenvalue weighted by atomic mass is 9.99. The van der Waals surface area contributed by atoms with Gasteiger partial charge in [-0.05, 0) is 18.6 Å². The number of esters is 1. The molecule has 0 saturated carbocycles. The Morgan fingerprint density at radius 2 is 2.06 bits per heavy atom. The van der Waals surface area contributed by atoms with Gasteiger partial charge in [0.1, 0.15) is 5.75 Å². The van der Waals surface area contributed by atoms with Crippen molar-refractivity contribution in [3.05, 3.63) is 23.8 Å². The van der Waals surface area contributed by atoms with Crippen LogP contribution in [0.5, 0.6) is 5.75 Å². The summed E-state index contributed by atoms with van der Waals surface area (Å²) in [6.07, 6.45) is 0. The second-order valence-electron chi connectivity index (χ2n) is 3.31. The van der Waals surface area contributed by atoms with Crippen molar-refractivity contribution < 1.29 is 14.3 Å². The first-order valence-electron chi connectivity index (χ1n) is 4.87. The molecule has 0 spiro atoms. The van der Waals surface area contributed by atoms with E-state index in [1.54, 1.807) is 32.2 Å². The van der Waals surface area contributed by atoms with Crippen LogP contribution in [-0.2, 0) is 9.53 Å². The molecule has 0 aromatic heterocycles. The van der Waals surface area contributed by atoms with Crippen LogP contribution in [0.2, 0.25) is 0 Å². The van der Waals surface area contributed by atoms with Gasteiger partial charge in [0.2, 0.25) is 0 Å². The lowest BCUT2D eigenvalue weighted by Gasteiger charge is -2.16. The quantitative estimate of drug-likeness (QED) is 0.490. The van der Waals surface area contributed by atoms with Crippen LogP contribution >= 0.6 is 12.4 Å². The molecule has 0 bridgehead atoms. The Hall–Kier alpha value is -1.46. The highest BCUT2D eigenvalue weighted by Gasteiger charge is 2.20. The number of nitrogen functional groups attached to an aromatic ring is 1. The van der Waals surface area contributed by atoms with Crippen LogP contribution in [0.1, 0.15) is 18.4 Å². The van der Waals surface area contributed by atoms with E-state index in [1.807, 2.05) is 0 Å². The molecule has 0 fully saturated rings. The second-order valence-corrected chi connectivity index (χ2v) is 3.31. The summed E-state index contributed by atoms with van der Waals surface area (Å²) in [5, 5.41) is 0. The van der Waals surface area contributed by atoms with Gasteiger partial charge < -0.3 is 14.9 Å². The highest BCUT2D eigenvalue weighted by molar-refractivity contribution is 5.85. The zero-order chi connectivity index (χ0) is 12.1. The number of methoxy groups -OCH3 is 2. The van der Waals surface area contributed by atoms with Crippen molar-refractivity contribution in [1.82, 2.24) is 0 Å². The second kappa shape index (κ2) is 6.98. The summed E-state index contributed by atoms with van der Waals surface area (Å²) >= 11 is 0. The maximum Gasteiger partial charge on any atom is 0.312 e. The van der Waals surface area contributed by atoms with Crippen molar-refractivity contribution in [3.8, 4) is 5.75 Å². The molecule has 1 unspecified atom stereocenters. The van der Waals surface area contributed by atoms with E-state index in [9.17, 15) is 4.79 Å². The number of ether oxygens (including phenoxy) is 2. The number of rotatable bonds is 4. The molecule has 6 heteroatoms. The molecule has 0 aliphatic carbocycles. The summed E-state index contributed by atoms with van der Waals surface area (Å²) in [5.41, 5.74) is 3.89. The van der Waals surface area contributed by atoms with Gasteiger partial charge in [-0.3, -0.25) is 10.6 Å². The molecule has 5 nitrogen and oxygen atoms in total. The first kappa shape index (κ1) is 15.5. The van der Waals surface area contributed by atoms with E-state index < -0.39 is 5.92 Å². The Labute approximate surface area is 107 Å². The molecule has 1 rings (SSSR count). The minimum atomic E-state index is -0.397. The van der Waals surface area contributed by atoms with Gasteiger partial charge in [0.05, 0.1) is 25.8 Å². The van der Waals surface area contributed by atoms with E-state index in [2.05, 4.69) is 5.43 Å². The molecule has 0 aliphatic rings. The smallest absolute Gasteiger partial charge is 0.312 e. The summed E-state index contributed by atoms with van der Waals surface area (Å²) < 4.78 is 9.84. The molecule has 17 heavy (non-hydrogen) atoms. The van der Waals surface area contributed by atoms with E-state index in [0.29, 0.717) is 11.4 Å². The van der Waals surface area contributed by atoms with Crippen molar-refractivity contribution in [2.24, 2.45) is 5.84 Å². The third kappa shape index (κ3) is 3.25. The van der Waals surface area contributed by atoms with Gasteiger partial charge in [0.15, 0.2) is 0 Å². The van der Waals surface area contributed by atoms with E-state index >= 15 is 0 Å². The fourth-order valence-electron chi connectivity index (χ4n) is 1.54. The summed E-state index contributed by atoms with van der Waals surface area (Å²) in [4.78, 5) is 11.4. The summed E-state index contributed by atoms with van der Waals surface area (Å²) in [5.74, 6) is 5.31. The predicted octanol–water partition coefficient (Wildman–Crippen LogP) is 1.68. The van der Waals surface area contributed by atoms with Gasteiger partial charge in [-0.25, -0.2) is 0 Å². The Balaban J connectivity index is 0.00000256. The molecular formula is C11H17ClN2O3. The SMILES string of the molecule is COC(=O)C(C)c1cccc(OC)c1NN.Cl. The fraction of sp³-hybridized carbons (Fsp3) is 0.364. The molecule has 3 N–H and O–H groups in total. The van der Waals surface area contributed by atoms with Crippen molar-refractivity contribution in [1.29, 1.82) is 0 Å². The molecule has 96 valence electrons. The van der Waals surface area contributed by atoms with Crippen LogP contribution in [-0.4, -0.2) is 20.2 Å². The predicted molar refractivity (Wildman–Crippen MR) is 68.5 cm³/mol. The van der Waals surface area contributed by atoms with Crippen molar-refractivity contribution >= 4 is 24.1 Å².